The molecule has 9 aromatic carbocycles. The Kier molecular flexibility index (Phi) is 7.44. The van der Waals surface area contributed by atoms with Crippen LogP contribution in [0.1, 0.15) is 0 Å². The van der Waals surface area contributed by atoms with Gasteiger partial charge in [0.05, 0.1) is 33.3 Å². The van der Waals surface area contributed by atoms with Gasteiger partial charge >= 0.3 is 0 Å². The van der Waals surface area contributed by atoms with Crippen molar-refractivity contribution in [1.82, 2.24) is 19.1 Å². The number of benzene rings is 9. The summed E-state index contributed by atoms with van der Waals surface area (Å²) in [5.74, 6) is 0.654. The minimum atomic E-state index is 0.654. The number of hydrogen-bond donors (Lipinski definition) is 0. The van der Waals surface area contributed by atoms with E-state index < -0.39 is 0 Å². The Hall–Kier alpha value is -7.86. The SMILES string of the molecule is c1ccc(-c2cc3ccc4nc(-n5c6ccc(-c7cccc8c7c7ccccc7n8-c7ccccc7)cc6c6cc7ccccc7cc65)nc(-c5ccccc5)c4c3s2)cc1. The topological polar surface area (TPSA) is 35.6 Å². The fraction of sp³-hybridized carbons (Fsp3) is 0. The van der Waals surface area contributed by atoms with Crippen LogP contribution < -0.4 is 0 Å². The number of nitrogens with zero attached hydrogens (tertiary/aromatic N) is 4. The Labute approximate surface area is 354 Å². The van der Waals surface area contributed by atoms with E-state index in [1.165, 1.54) is 69.6 Å². The van der Waals surface area contributed by atoms with Crippen molar-refractivity contribution >= 4 is 86.7 Å². The molecule has 0 aliphatic carbocycles. The third-order valence-corrected chi connectivity index (χ3v) is 13.5. The van der Waals surface area contributed by atoms with E-state index in [2.05, 4.69) is 215 Å². The van der Waals surface area contributed by atoms with Gasteiger partial charge in [0.2, 0.25) is 5.95 Å². The van der Waals surface area contributed by atoms with E-state index in [0.717, 1.165) is 44.3 Å². The summed E-state index contributed by atoms with van der Waals surface area (Å²) in [6.45, 7) is 0. The fourth-order valence-electron chi connectivity index (χ4n) is 9.56. The minimum Gasteiger partial charge on any atom is -0.309 e. The molecule has 0 N–H and O–H groups in total. The molecule has 0 radical (unpaired) electrons. The highest BCUT2D eigenvalue weighted by Gasteiger charge is 2.22. The fourth-order valence-corrected chi connectivity index (χ4v) is 10.8. The molecule has 4 nitrogen and oxygen atoms in total. The van der Waals surface area contributed by atoms with E-state index >= 15 is 0 Å². The summed E-state index contributed by atoms with van der Waals surface area (Å²) >= 11 is 1.81. The molecule has 0 saturated heterocycles. The second-order valence-corrected chi connectivity index (χ2v) is 16.8. The van der Waals surface area contributed by atoms with E-state index in [0.29, 0.717) is 5.95 Å². The maximum absolute atomic E-state index is 5.57. The average molecular weight is 795 g/mol. The number of hydrogen-bond acceptors (Lipinski definition) is 3. The molecule has 0 aliphatic rings. The molecule has 0 unspecified atom stereocenters. The molecule has 0 bridgehead atoms. The highest BCUT2D eigenvalue weighted by molar-refractivity contribution is 7.23. The first-order valence-electron chi connectivity index (χ1n) is 20.7. The van der Waals surface area contributed by atoms with Crippen molar-refractivity contribution < 1.29 is 0 Å². The van der Waals surface area contributed by atoms with E-state index in [1.807, 2.05) is 11.3 Å². The van der Waals surface area contributed by atoms with E-state index in [9.17, 15) is 0 Å². The van der Waals surface area contributed by atoms with Crippen LogP contribution in [0.5, 0.6) is 0 Å². The molecule has 4 aromatic heterocycles. The van der Waals surface area contributed by atoms with Gasteiger partial charge in [-0.1, -0.05) is 146 Å². The maximum atomic E-state index is 5.57. The molecule has 0 amide bonds. The van der Waals surface area contributed by atoms with E-state index in [4.69, 9.17) is 9.97 Å². The van der Waals surface area contributed by atoms with Gasteiger partial charge in [-0.05, 0) is 93.5 Å². The van der Waals surface area contributed by atoms with E-state index in [-0.39, 0.29) is 0 Å². The molecule has 284 valence electrons. The van der Waals surface area contributed by atoms with Gasteiger partial charge in [0.15, 0.2) is 0 Å². The molecule has 0 fully saturated rings. The molecular formula is C56H34N4S. The lowest BCUT2D eigenvalue weighted by molar-refractivity contribution is 1.02. The molecule has 4 heterocycles. The van der Waals surface area contributed by atoms with Gasteiger partial charge in [-0.25, -0.2) is 9.97 Å². The molecule has 61 heavy (non-hydrogen) atoms. The van der Waals surface area contributed by atoms with E-state index in [1.54, 1.807) is 0 Å². The lowest BCUT2D eigenvalue weighted by atomic mass is 9.97. The molecule has 13 rings (SSSR count). The third kappa shape index (κ3) is 5.24. The van der Waals surface area contributed by atoms with Crippen molar-refractivity contribution in [2.24, 2.45) is 0 Å². The van der Waals surface area contributed by atoms with Crippen LogP contribution in [0.15, 0.2) is 206 Å². The first-order chi connectivity index (χ1) is 30.2. The molecule has 13 aromatic rings. The van der Waals surface area contributed by atoms with Gasteiger partial charge in [-0.2, -0.15) is 0 Å². The molecule has 0 saturated carbocycles. The number of fused-ring (bicyclic) bond motifs is 10. The zero-order valence-electron chi connectivity index (χ0n) is 32.8. The van der Waals surface area contributed by atoms with Crippen molar-refractivity contribution in [2.75, 3.05) is 0 Å². The summed E-state index contributed by atoms with van der Waals surface area (Å²) in [5, 5.41) is 9.46. The van der Waals surface area contributed by atoms with Crippen molar-refractivity contribution in [2.45, 2.75) is 0 Å². The van der Waals surface area contributed by atoms with Crippen LogP contribution in [0.3, 0.4) is 0 Å². The monoisotopic (exact) mass is 794 g/mol. The summed E-state index contributed by atoms with van der Waals surface area (Å²) in [6, 6.07) is 74.3. The van der Waals surface area contributed by atoms with Crippen LogP contribution in [0.25, 0.3) is 120 Å². The summed E-state index contributed by atoms with van der Waals surface area (Å²) in [5.41, 5.74) is 12.2. The predicted molar refractivity (Wildman–Crippen MR) is 257 cm³/mol. The van der Waals surface area contributed by atoms with Crippen LogP contribution in [0.2, 0.25) is 0 Å². The highest BCUT2D eigenvalue weighted by Crippen LogP contribution is 2.44. The second-order valence-electron chi connectivity index (χ2n) is 15.8. The van der Waals surface area contributed by atoms with Gasteiger partial charge < -0.3 is 4.57 Å². The molecular weight excluding hydrogens is 761 g/mol. The summed E-state index contributed by atoms with van der Waals surface area (Å²) in [7, 11) is 0. The maximum Gasteiger partial charge on any atom is 0.235 e. The Balaban J connectivity index is 1.08. The lowest BCUT2D eigenvalue weighted by Gasteiger charge is -2.13. The van der Waals surface area contributed by atoms with Crippen molar-refractivity contribution in [1.29, 1.82) is 0 Å². The van der Waals surface area contributed by atoms with Crippen LogP contribution in [0.4, 0.5) is 0 Å². The molecule has 0 aliphatic heterocycles. The van der Waals surface area contributed by atoms with Crippen LogP contribution in [-0.4, -0.2) is 19.1 Å². The van der Waals surface area contributed by atoms with Gasteiger partial charge in [-0.15, -0.1) is 11.3 Å². The molecule has 0 spiro atoms. The quantitative estimate of drug-likeness (QED) is 0.174. The Morgan fingerprint density at radius 1 is 0.377 bits per heavy atom. The highest BCUT2D eigenvalue weighted by atomic mass is 32.1. The second kappa shape index (κ2) is 13.3. The molecule has 5 heteroatoms. The lowest BCUT2D eigenvalue weighted by Crippen LogP contribution is -2.03. The Morgan fingerprint density at radius 3 is 1.87 bits per heavy atom. The number of thiophene rings is 1. The summed E-state index contributed by atoms with van der Waals surface area (Å²) in [4.78, 5) is 12.3. The molecule has 0 atom stereocenters. The summed E-state index contributed by atoms with van der Waals surface area (Å²) < 4.78 is 5.86. The van der Waals surface area contributed by atoms with Crippen molar-refractivity contribution in [3.63, 3.8) is 0 Å². The zero-order chi connectivity index (χ0) is 40.0. The predicted octanol–water partition coefficient (Wildman–Crippen LogP) is 15.2. The Bertz CT molecular complexity index is 3860. The standard InChI is InChI=1S/C56H34N4S/c1-4-15-35(16-5-1)51-34-40-27-29-46-53(55(40)61-51)54(36-17-6-2-7-18-36)58-56(57-46)60-48-30-28-39(32-44(48)45-31-37-19-10-11-20-38(37)33-50(45)60)42-24-14-26-49-52(42)43-23-12-13-25-47(43)59(49)41-21-8-3-9-22-41/h1-34H. The largest absolute Gasteiger partial charge is 0.309 e. The minimum absolute atomic E-state index is 0.654. The van der Waals surface area contributed by atoms with Crippen LogP contribution in [-0.2, 0) is 0 Å². The van der Waals surface area contributed by atoms with Gasteiger partial charge in [0.25, 0.3) is 0 Å². The smallest absolute Gasteiger partial charge is 0.235 e. The summed E-state index contributed by atoms with van der Waals surface area (Å²) in [6.07, 6.45) is 0. The number of aromatic nitrogens is 4. The first-order valence-corrected chi connectivity index (χ1v) is 21.5. The first kappa shape index (κ1) is 34.0. The normalized spacial score (nSPS) is 11.9. The van der Waals surface area contributed by atoms with Gasteiger partial charge in [-0.3, -0.25) is 4.57 Å². The number of rotatable bonds is 5. The van der Waals surface area contributed by atoms with Gasteiger partial charge in [0, 0.05) is 47.8 Å². The van der Waals surface area contributed by atoms with Crippen LogP contribution in [0, 0.1) is 0 Å². The van der Waals surface area contributed by atoms with Crippen molar-refractivity contribution in [3.8, 4) is 44.5 Å². The average Bonchev–Trinajstić information content (AvgIpc) is 4.01. The van der Waals surface area contributed by atoms with Gasteiger partial charge in [0.1, 0.15) is 0 Å². The zero-order valence-corrected chi connectivity index (χ0v) is 33.6. The van der Waals surface area contributed by atoms with Crippen LogP contribution >= 0.6 is 11.3 Å². The third-order valence-electron chi connectivity index (χ3n) is 12.3. The Morgan fingerprint density at radius 2 is 1.05 bits per heavy atom. The van der Waals surface area contributed by atoms with Crippen molar-refractivity contribution in [3.05, 3.63) is 206 Å². The number of para-hydroxylation sites is 2.